The Hall–Kier alpha value is -2.04. The molecule has 0 atom stereocenters. The van der Waals surface area contributed by atoms with E-state index in [9.17, 15) is 4.39 Å². The molecule has 4 heteroatoms. The van der Waals surface area contributed by atoms with E-state index in [-0.39, 0.29) is 5.82 Å². The van der Waals surface area contributed by atoms with Crippen molar-refractivity contribution in [3.63, 3.8) is 0 Å². The summed E-state index contributed by atoms with van der Waals surface area (Å²) in [6.45, 7) is 1.33. The van der Waals surface area contributed by atoms with E-state index in [1.807, 2.05) is 24.3 Å². The van der Waals surface area contributed by atoms with Crippen LogP contribution in [-0.2, 0) is 13.0 Å². The SMILES string of the molecule is Fc1ccccc1CNCCc1csc(-c2ccccc2)n1. The van der Waals surface area contributed by atoms with Crippen molar-refractivity contribution < 1.29 is 4.39 Å². The lowest BCUT2D eigenvalue weighted by Gasteiger charge is -2.04. The molecule has 0 unspecified atom stereocenters. The van der Waals surface area contributed by atoms with Gasteiger partial charge in [-0.25, -0.2) is 9.37 Å². The third-order valence-corrected chi connectivity index (χ3v) is 4.34. The first-order chi connectivity index (χ1) is 10.8. The third-order valence-electron chi connectivity index (χ3n) is 3.40. The molecule has 0 aliphatic heterocycles. The Balaban J connectivity index is 1.51. The smallest absolute Gasteiger partial charge is 0.127 e. The first kappa shape index (κ1) is 14.9. The fraction of sp³-hybridized carbons (Fsp3) is 0.167. The lowest BCUT2D eigenvalue weighted by Crippen LogP contribution is -2.17. The minimum absolute atomic E-state index is 0.157. The number of thiazole rings is 1. The second-order valence-corrected chi connectivity index (χ2v) is 5.89. The molecule has 0 aliphatic rings. The van der Waals surface area contributed by atoms with Gasteiger partial charge in [0.1, 0.15) is 10.8 Å². The van der Waals surface area contributed by atoms with E-state index in [4.69, 9.17) is 0 Å². The molecule has 2 nitrogen and oxygen atoms in total. The van der Waals surface area contributed by atoms with Crippen LogP contribution in [0.25, 0.3) is 10.6 Å². The Morgan fingerprint density at radius 2 is 1.77 bits per heavy atom. The summed E-state index contributed by atoms with van der Waals surface area (Å²) in [6.07, 6.45) is 0.845. The van der Waals surface area contributed by atoms with Crippen molar-refractivity contribution in [1.82, 2.24) is 10.3 Å². The van der Waals surface area contributed by atoms with Crippen molar-refractivity contribution in [2.75, 3.05) is 6.54 Å². The highest BCUT2D eigenvalue weighted by Gasteiger charge is 2.04. The highest BCUT2D eigenvalue weighted by molar-refractivity contribution is 7.13. The average molecular weight is 312 g/mol. The van der Waals surface area contributed by atoms with Crippen LogP contribution < -0.4 is 5.32 Å². The van der Waals surface area contributed by atoms with Gasteiger partial charge in [0.2, 0.25) is 0 Å². The monoisotopic (exact) mass is 312 g/mol. The van der Waals surface area contributed by atoms with Crippen LogP contribution in [0.5, 0.6) is 0 Å². The maximum absolute atomic E-state index is 13.5. The summed E-state index contributed by atoms with van der Waals surface area (Å²) in [5, 5.41) is 6.40. The van der Waals surface area contributed by atoms with Crippen LogP contribution in [-0.4, -0.2) is 11.5 Å². The fourth-order valence-electron chi connectivity index (χ4n) is 2.22. The minimum atomic E-state index is -0.157. The number of hydrogen-bond donors (Lipinski definition) is 1. The van der Waals surface area contributed by atoms with Crippen LogP contribution in [0, 0.1) is 5.82 Å². The van der Waals surface area contributed by atoms with E-state index in [0.717, 1.165) is 29.2 Å². The van der Waals surface area contributed by atoms with Crippen LogP contribution >= 0.6 is 11.3 Å². The number of nitrogens with zero attached hydrogens (tertiary/aromatic N) is 1. The number of hydrogen-bond acceptors (Lipinski definition) is 3. The van der Waals surface area contributed by atoms with Gasteiger partial charge in [0.05, 0.1) is 5.69 Å². The molecule has 0 saturated carbocycles. The van der Waals surface area contributed by atoms with Gasteiger partial charge in [0.15, 0.2) is 0 Å². The number of benzene rings is 2. The van der Waals surface area contributed by atoms with Gasteiger partial charge >= 0.3 is 0 Å². The molecule has 0 spiro atoms. The topological polar surface area (TPSA) is 24.9 Å². The Morgan fingerprint density at radius 3 is 2.59 bits per heavy atom. The standard InChI is InChI=1S/C18H17FN2S/c19-17-9-5-4-8-15(17)12-20-11-10-16-13-22-18(21-16)14-6-2-1-3-7-14/h1-9,13,20H,10-12H2. The van der Waals surface area contributed by atoms with Crippen LogP contribution in [0.2, 0.25) is 0 Å². The van der Waals surface area contributed by atoms with Crippen molar-refractivity contribution in [3.8, 4) is 10.6 Å². The first-order valence-electron chi connectivity index (χ1n) is 7.27. The molecule has 0 saturated heterocycles. The molecule has 1 aromatic heterocycles. The van der Waals surface area contributed by atoms with E-state index in [0.29, 0.717) is 12.1 Å². The van der Waals surface area contributed by atoms with Crippen molar-refractivity contribution in [3.05, 3.63) is 77.1 Å². The zero-order valence-corrected chi connectivity index (χ0v) is 12.9. The number of nitrogens with one attached hydrogen (secondary N) is 1. The number of aromatic nitrogens is 1. The molecule has 0 radical (unpaired) electrons. The van der Waals surface area contributed by atoms with Gasteiger partial charge in [0, 0.05) is 36.0 Å². The summed E-state index contributed by atoms with van der Waals surface area (Å²) in [4.78, 5) is 4.65. The zero-order valence-electron chi connectivity index (χ0n) is 12.1. The quantitative estimate of drug-likeness (QED) is 0.687. The summed E-state index contributed by atoms with van der Waals surface area (Å²) in [5.74, 6) is -0.157. The molecule has 0 fully saturated rings. The molecule has 3 rings (SSSR count). The molecule has 0 amide bonds. The summed E-state index contributed by atoms with van der Waals surface area (Å²) in [6, 6.07) is 17.0. The summed E-state index contributed by atoms with van der Waals surface area (Å²) >= 11 is 1.66. The molecular formula is C18H17FN2S. The van der Waals surface area contributed by atoms with Gasteiger partial charge in [-0.05, 0) is 6.07 Å². The molecule has 2 aromatic carbocycles. The van der Waals surface area contributed by atoms with Crippen molar-refractivity contribution in [2.45, 2.75) is 13.0 Å². The van der Waals surface area contributed by atoms with Gasteiger partial charge < -0.3 is 5.32 Å². The Morgan fingerprint density at radius 1 is 1.00 bits per heavy atom. The van der Waals surface area contributed by atoms with E-state index < -0.39 is 0 Å². The predicted octanol–water partition coefficient (Wildman–Crippen LogP) is 4.28. The Labute approximate surface area is 133 Å². The fourth-order valence-corrected chi connectivity index (χ4v) is 3.08. The van der Waals surface area contributed by atoms with E-state index >= 15 is 0 Å². The zero-order chi connectivity index (χ0) is 15.2. The highest BCUT2D eigenvalue weighted by atomic mass is 32.1. The molecule has 1 heterocycles. The second-order valence-electron chi connectivity index (χ2n) is 5.03. The van der Waals surface area contributed by atoms with E-state index in [2.05, 4.69) is 27.8 Å². The largest absolute Gasteiger partial charge is 0.312 e. The maximum Gasteiger partial charge on any atom is 0.127 e. The molecular weight excluding hydrogens is 295 g/mol. The summed E-state index contributed by atoms with van der Waals surface area (Å²) in [7, 11) is 0. The molecule has 0 bridgehead atoms. The Kier molecular flexibility index (Phi) is 4.93. The number of halogens is 1. The normalized spacial score (nSPS) is 10.8. The molecule has 0 aliphatic carbocycles. The molecule has 3 aromatic rings. The van der Waals surface area contributed by atoms with Crippen molar-refractivity contribution in [1.29, 1.82) is 0 Å². The second kappa shape index (κ2) is 7.29. The minimum Gasteiger partial charge on any atom is -0.312 e. The lowest BCUT2D eigenvalue weighted by molar-refractivity contribution is 0.588. The van der Waals surface area contributed by atoms with Gasteiger partial charge in [-0.1, -0.05) is 48.5 Å². The summed E-state index contributed by atoms with van der Waals surface area (Å²) < 4.78 is 13.5. The lowest BCUT2D eigenvalue weighted by atomic mass is 10.2. The average Bonchev–Trinajstić information content (AvgIpc) is 3.03. The predicted molar refractivity (Wildman–Crippen MR) is 89.4 cm³/mol. The third kappa shape index (κ3) is 3.78. The van der Waals surface area contributed by atoms with E-state index in [1.165, 1.54) is 6.07 Å². The number of rotatable bonds is 6. The van der Waals surface area contributed by atoms with Gasteiger partial charge in [0.25, 0.3) is 0 Å². The highest BCUT2D eigenvalue weighted by Crippen LogP contribution is 2.23. The molecule has 22 heavy (non-hydrogen) atoms. The van der Waals surface area contributed by atoms with Gasteiger partial charge in [-0.3, -0.25) is 0 Å². The molecule has 112 valence electrons. The van der Waals surface area contributed by atoms with Crippen molar-refractivity contribution >= 4 is 11.3 Å². The van der Waals surface area contributed by atoms with Gasteiger partial charge in [-0.2, -0.15) is 0 Å². The van der Waals surface area contributed by atoms with Crippen LogP contribution in [0.3, 0.4) is 0 Å². The van der Waals surface area contributed by atoms with E-state index in [1.54, 1.807) is 23.5 Å². The van der Waals surface area contributed by atoms with Crippen LogP contribution in [0.1, 0.15) is 11.3 Å². The van der Waals surface area contributed by atoms with Crippen molar-refractivity contribution in [2.24, 2.45) is 0 Å². The summed E-state index contributed by atoms with van der Waals surface area (Å²) in [5.41, 5.74) is 2.92. The van der Waals surface area contributed by atoms with Crippen LogP contribution in [0.4, 0.5) is 4.39 Å². The Bertz CT molecular complexity index is 725. The van der Waals surface area contributed by atoms with Gasteiger partial charge in [-0.15, -0.1) is 11.3 Å². The molecule has 1 N–H and O–H groups in total. The first-order valence-corrected chi connectivity index (χ1v) is 8.15. The maximum atomic E-state index is 13.5. The van der Waals surface area contributed by atoms with Crippen LogP contribution in [0.15, 0.2) is 60.0 Å².